The Morgan fingerprint density at radius 3 is 2.65 bits per heavy atom. The van der Waals surface area contributed by atoms with Gasteiger partial charge in [-0.15, -0.1) is 11.3 Å². The molecule has 0 aliphatic heterocycles. The predicted molar refractivity (Wildman–Crippen MR) is 75.8 cm³/mol. The van der Waals surface area contributed by atoms with Gasteiger partial charge in [-0.1, -0.05) is 0 Å². The van der Waals surface area contributed by atoms with E-state index in [0.29, 0.717) is 6.10 Å². The Balaban J connectivity index is 2.03. The topological polar surface area (TPSA) is 21.3 Å². The lowest BCUT2D eigenvalue weighted by Crippen LogP contribution is -2.15. The summed E-state index contributed by atoms with van der Waals surface area (Å²) in [6.07, 6.45) is 2.70. The van der Waals surface area contributed by atoms with E-state index in [4.69, 9.17) is 4.74 Å². The molecule has 0 radical (unpaired) electrons. The summed E-state index contributed by atoms with van der Waals surface area (Å²) in [6.45, 7) is 11.5. The molecule has 98 valence electrons. The van der Waals surface area contributed by atoms with Gasteiger partial charge >= 0.3 is 0 Å². The van der Waals surface area contributed by atoms with Gasteiger partial charge in [0.1, 0.15) is 0 Å². The molecule has 0 bridgehead atoms. The largest absolute Gasteiger partial charge is 0.379 e. The highest BCUT2D eigenvalue weighted by molar-refractivity contribution is 7.12. The molecule has 2 nitrogen and oxygen atoms in total. The normalized spacial score (nSPS) is 11.4. The van der Waals surface area contributed by atoms with E-state index in [1.807, 2.05) is 11.3 Å². The number of hydrogen-bond donors (Lipinski definition) is 1. The van der Waals surface area contributed by atoms with Crippen molar-refractivity contribution in [1.29, 1.82) is 0 Å². The first-order chi connectivity index (χ1) is 8.09. The summed E-state index contributed by atoms with van der Waals surface area (Å²) in [4.78, 5) is 2.85. The van der Waals surface area contributed by atoms with Crippen LogP contribution in [0.3, 0.4) is 0 Å². The van der Waals surface area contributed by atoms with Gasteiger partial charge in [-0.25, -0.2) is 0 Å². The minimum Gasteiger partial charge on any atom is -0.379 e. The molecule has 0 aliphatic rings. The van der Waals surface area contributed by atoms with Gasteiger partial charge in [0.15, 0.2) is 0 Å². The van der Waals surface area contributed by atoms with Crippen LogP contribution in [0.15, 0.2) is 6.07 Å². The fourth-order valence-electron chi connectivity index (χ4n) is 1.75. The Labute approximate surface area is 109 Å². The summed E-state index contributed by atoms with van der Waals surface area (Å²) >= 11 is 1.88. The minimum atomic E-state index is 0.361. The number of unbranched alkanes of at least 4 members (excludes halogenated alkanes) is 1. The van der Waals surface area contributed by atoms with E-state index in [-0.39, 0.29) is 0 Å². The van der Waals surface area contributed by atoms with E-state index in [9.17, 15) is 0 Å². The standard InChI is InChI=1S/C14H25NOS/c1-11(2)16-8-6-5-7-15-10-14-9-12(3)17-13(14)4/h9,11,15H,5-8,10H2,1-4H3. The smallest absolute Gasteiger partial charge is 0.0518 e. The maximum Gasteiger partial charge on any atom is 0.0518 e. The van der Waals surface area contributed by atoms with Gasteiger partial charge in [-0.05, 0) is 58.7 Å². The van der Waals surface area contributed by atoms with E-state index in [2.05, 4.69) is 39.1 Å². The van der Waals surface area contributed by atoms with Crippen molar-refractivity contribution in [3.63, 3.8) is 0 Å². The van der Waals surface area contributed by atoms with Crippen LogP contribution in [0.4, 0.5) is 0 Å². The third kappa shape index (κ3) is 6.20. The Morgan fingerprint density at radius 2 is 2.06 bits per heavy atom. The number of thiophene rings is 1. The lowest BCUT2D eigenvalue weighted by molar-refractivity contribution is 0.0760. The fraction of sp³-hybridized carbons (Fsp3) is 0.714. The second kappa shape index (κ2) is 7.85. The van der Waals surface area contributed by atoms with Crippen LogP contribution in [0.2, 0.25) is 0 Å². The Morgan fingerprint density at radius 1 is 1.29 bits per heavy atom. The highest BCUT2D eigenvalue weighted by Gasteiger charge is 2.01. The number of rotatable bonds is 8. The average molecular weight is 255 g/mol. The van der Waals surface area contributed by atoms with Crippen molar-refractivity contribution in [2.24, 2.45) is 0 Å². The Kier molecular flexibility index (Phi) is 6.78. The maximum absolute atomic E-state index is 5.50. The molecule has 0 atom stereocenters. The van der Waals surface area contributed by atoms with Crippen LogP contribution >= 0.6 is 11.3 Å². The van der Waals surface area contributed by atoms with Crippen molar-refractivity contribution in [3.05, 3.63) is 21.4 Å². The van der Waals surface area contributed by atoms with E-state index in [1.54, 1.807) is 0 Å². The molecule has 1 heterocycles. The van der Waals surface area contributed by atoms with Gasteiger partial charge < -0.3 is 10.1 Å². The first-order valence-corrected chi connectivity index (χ1v) is 7.29. The van der Waals surface area contributed by atoms with Crippen LogP contribution in [0.5, 0.6) is 0 Å². The molecule has 17 heavy (non-hydrogen) atoms. The van der Waals surface area contributed by atoms with Crippen molar-refractivity contribution in [3.8, 4) is 0 Å². The summed E-state index contributed by atoms with van der Waals surface area (Å²) in [5, 5.41) is 3.50. The maximum atomic E-state index is 5.50. The van der Waals surface area contributed by atoms with Crippen LogP contribution in [0.1, 0.15) is 42.0 Å². The van der Waals surface area contributed by atoms with Crippen LogP contribution in [0, 0.1) is 13.8 Å². The summed E-state index contributed by atoms with van der Waals surface area (Å²) in [7, 11) is 0. The van der Waals surface area contributed by atoms with Crippen LogP contribution < -0.4 is 5.32 Å². The summed E-state index contributed by atoms with van der Waals surface area (Å²) in [5.74, 6) is 0. The molecule has 0 fully saturated rings. The monoisotopic (exact) mass is 255 g/mol. The molecule has 0 aromatic carbocycles. The van der Waals surface area contributed by atoms with Gasteiger partial charge in [0.05, 0.1) is 6.10 Å². The van der Waals surface area contributed by atoms with E-state index in [0.717, 1.165) is 26.1 Å². The van der Waals surface area contributed by atoms with E-state index in [1.165, 1.54) is 21.7 Å². The van der Waals surface area contributed by atoms with Gasteiger partial charge in [0.2, 0.25) is 0 Å². The van der Waals surface area contributed by atoms with Gasteiger partial charge in [-0.2, -0.15) is 0 Å². The average Bonchev–Trinajstić information content (AvgIpc) is 2.55. The molecule has 1 aromatic rings. The minimum absolute atomic E-state index is 0.361. The molecule has 3 heteroatoms. The van der Waals surface area contributed by atoms with Crippen molar-refractivity contribution in [2.45, 2.75) is 53.2 Å². The SMILES string of the molecule is Cc1cc(CNCCCCOC(C)C)c(C)s1. The highest BCUT2D eigenvalue weighted by Crippen LogP contribution is 2.20. The molecule has 1 rings (SSSR count). The predicted octanol–water partition coefficient (Wildman–Crippen LogP) is 3.66. The first kappa shape index (κ1) is 14.7. The number of aryl methyl sites for hydroxylation is 2. The van der Waals surface area contributed by atoms with Crippen LogP contribution in [-0.2, 0) is 11.3 Å². The van der Waals surface area contributed by atoms with E-state index < -0.39 is 0 Å². The second-order valence-electron chi connectivity index (χ2n) is 4.74. The quantitative estimate of drug-likeness (QED) is 0.716. The molecule has 0 aliphatic carbocycles. The number of ether oxygens (including phenoxy) is 1. The van der Waals surface area contributed by atoms with Crippen LogP contribution in [-0.4, -0.2) is 19.3 Å². The van der Waals surface area contributed by atoms with Crippen molar-refractivity contribution in [2.75, 3.05) is 13.2 Å². The zero-order valence-corrected chi connectivity index (χ0v) is 12.3. The lowest BCUT2D eigenvalue weighted by atomic mass is 10.2. The third-order valence-electron chi connectivity index (χ3n) is 2.66. The lowest BCUT2D eigenvalue weighted by Gasteiger charge is -2.07. The molecule has 1 aromatic heterocycles. The Hall–Kier alpha value is -0.380. The molecule has 0 saturated heterocycles. The zero-order valence-electron chi connectivity index (χ0n) is 11.5. The van der Waals surface area contributed by atoms with Gasteiger partial charge in [0, 0.05) is 22.9 Å². The number of hydrogen-bond acceptors (Lipinski definition) is 3. The summed E-state index contributed by atoms with van der Waals surface area (Å²) in [6, 6.07) is 2.29. The molecular weight excluding hydrogens is 230 g/mol. The molecule has 0 spiro atoms. The van der Waals surface area contributed by atoms with Crippen molar-refractivity contribution >= 4 is 11.3 Å². The fourth-order valence-corrected chi connectivity index (χ4v) is 2.70. The molecule has 0 unspecified atom stereocenters. The van der Waals surface area contributed by atoms with Gasteiger partial charge in [0.25, 0.3) is 0 Å². The highest BCUT2D eigenvalue weighted by atomic mass is 32.1. The first-order valence-electron chi connectivity index (χ1n) is 6.48. The summed E-state index contributed by atoms with van der Waals surface area (Å²) in [5.41, 5.74) is 1.45. The van der Waals surface area contributed by atoms with Crippen LogP contribution in [0.25, 0.3) is 0 Å². The molecule has 1 N–H and O–H groups in total. The zero-order chi connectivity index (χ0) is 12.7. The Bertz CT molecular complexity index is 320. The molecule has 0 saturated carbocycles. The van der Waals surface area contributed by atoms with Crippen molar-refractivity contribution in [1.82, 2.24) is 5.32 Å². The second-order valence-corrected chi connectivity index (χ2v) is 6.20. The van der Waals surface area contributed by atoms with Crippen molar-refractivity contribution < 1.29 is 4.74 Å². The molecular formula is C14H25NOS. The van der Waals surface area contributed by atoms with Gasteiger partial charge in [-0.3, -0.25) is 0 Å². The molecule has 0 amide bonds. The van der Waals surface area contributed by atoms with E-state index >= 15 is 0 Å². The number of nitrogens with one attached hydrogen (secondary N) is 1. The third-order valence-corrected chi connectivity index (χ3v) is 3.67. The summed E-state index contributed by atoms with van der Waals surface area (Å²) < 4.78 is 5.50.